The van der Waals surface area contributed by atoms with Crippen LogP contribution in [-0.4, -0.2) is 165 Å². The molecule has 2 aliphatic rings. The fourth-order valence-electron chi connectivity index (χ4n) is 8.43. The Kier molecular flexibility index (Phi) is 21.5. The second kappa shape index (κ2) is 27.7. The number of hydrogen-bond acceptors (Lipinski definition) is 21. The van der Waals surface area contributed by atoms with E-state index in [2.05, 4.69) is 47.8 Å². The van der Waals surface area contributed by atoms with Crippen LogP contribution in [0.5, 0.6) is 46.0 Å². The zero-order valence-corrected chi connectivity index (χ0v) is 53.5. The molecule has 0 saturated carbocycles. The van der Waals surface area contributed by atoms with Crippen LogP contribution in [-0.2, 0) is 19.5 Å². The molecule has 0 aliphatic carbocycles. The molecule has 426 valence electrons. The van der Waals surface area contributed by atoms with Crippen molar-refractivity contribution >= 4 is 150 Å². The number of benzene rings is 4. The van der Waals surface area contributed by atoms with E-state index in [1.165, 1.54) is 0 Å². The van der Waals surface area contributed by atoms with Crippen molar-refractivity contribution in [2.45, 2.75) is 13.3 Å². The third kappa shape index (κ3) is 11.7. The van der Waals surface area contributed by atoms with E-state index in [-0.39, 0.29) is 247 Å². The van der Waals surface area contributed by atoms with Crippen LogP contribution in [0.1, 0.15) is 13.3 Å². The average molecular weight is 1470 g/mol. The van der Waals surface area contributed by atoms with Gasteiger partial charge in [-0.2, -0.15) is 0 Å². The van der Waals surface area contributed by atoms with Crippen molar-refractivity contribution in [2.75, 3.05) is 99.1 Å². The number of ether oxygens (including phenoxy) is 8. The normalized spacial score (nSPS) is 11.7. The van der Waals surface area contributed by atoms with Gasteiger partial charge in [-0.25, -0.2) is 9.97 Å². The summed E-state index contributed by atoms with van der Waals surface area (Å²) in [4.78, 5) is 39.9. The maximum absolute atomic E-state index is 9.96. The van der Waals surface area contributed by atoms with E-state index < -0.39 is 46.2 Å². The summed E-state index contributed by atoms with van der Waals surface area (Å²) in [7, 11) is 0. The molecule has 4 aromatic carbocycles. The van der Waals surface area contributed by atoms with Gasteiger partial charge in [0.25, 0.3) is 0 Å². The molecule has 23 nitrogen and oxygen atoms in total. The Hall–Kier alpha value is -4.13. The van der Waals surface area contributed by atoms with Gasteiger partial charge in [0.2, 0.25) is 0 Å². The fraction of sp³-hybridized carbons (Fsp3) is 0.347. The molecule has 5 heterocycles. The summed E-state index contributed by atoms with van der Waals surface area (Å²) in [6, 6.07) is 0. The maximum atomic E-state index is 9.96. The van der Waals surface area contributed by atoms with Crippen LogP contribution in [0.25, 0.3) is 89.7 Å². The summed E-state index contributed by atoms with van der Waals surface area (Å²) >= 11 is 47.8. The number of aromatic nitrogens is 8. The van der Waals surface area contributed by atoms with Crippen LogP contribution in [0.3, 0.4) is 0 Å². The standard InChI is InChI=1S/C49H42Br3Cl5N8O15.Zn/c1-2-10-73-37-29(53)21-18(26(50)34(37)74-11-3-66)44-61-46(21)64-47-23-20(28(52)36(76-13-5-68)39(31(23)55)78-15-7-70)42(60-47)58-45-22-19(27(51)35(75-12-4-67)38(30(22)54)77-14-6-69)43(59-45)62-48-24-25(49(63-44)65-48)33(57)41(80-17-9-72)40(32(24)56)79-16-8-71;/h66-72H,2-17H2,1H3;/q-2;+2. The molecule has 32 heteroatoms. The summed E-state index contributed by atoms with van der Waals surface area (Å²) in [5, 5.41) is 69.3. The minimum Gasteiger partial charge on any atom is -0.488 e. The van der Waals surface area contributed by atoms with Gasteiger partial charge in [0, 0.05) is 66.4 Å². The van der Waals surface area contributed by atoms with E-state index in [1.54, 1.807) is 0 Å². The molecule has 9 rings (SSSR count). The Bertz CT molecular complexity index is 3280. The third-order valence-electron chi connectivity index (χ3n) is 11.5. The van der Waals surface area contributed by atoms with Gasteiger partial charge in [-0.15, -0.1) is 0 Å². The fourth-order valence-corrected chi connectivity index (χ4v) is 12.0. The van der Waals surface area contributed by atoms with Gasteiger partial charge in [0.05, 0.1) is 115 Å². The first-order valence-electron chi connectivity index (χ1n) is 24.0. The number of fused-ring (bicyclic) bond motifs is 20. The molecule has 3 aromatic heterocycles. The quantitative estimate of drug-likeness (QED) is 0.0281. The number of aliphatic hydroxyl groups excluding tert-OH is 7. The van der Waals surface area contributed by atoms with Crippen LogP contribution in [0.15, 0.2) is 13.4 Å². The predicted octanol–water partition coefficient (Wildman–Crippen LogP) is 8.07. The molecular weight excluding hydrogens is 1420 g/mol. The molecule has 0 unspecified atom stereocenters. The van der Waals surface area contributed by atoms with Gasteiger partial charge in [0.1, 0.15) is 46.2 Å². The molecule has 0 amide bonds. The van der Waals surface area contributed by atoms with Gasteiger partial charge in [0.15, 0.2) is 46.0 Å². The smallest absolute Gasteiger partial charge is 0.488 e. The molecule has 8 bridgehead atoms. The van der Waals surface area contributed by atoms with E-state index in [9.17, 15) is 35.7 Å². The summed E-state index contributed by atoms with van der Waals surface area (Å²) in [6.07, 6.45) is 0.548. The number of hydrogen-bond donors (Lipinski definition) is 7. The molecule has 0 fully saturated rings. The van der Waals surface area contributed by atoms with Gasteiger partial charge in [-0.05, 0) is 54.2 Å². The summed E-state index contributed by atoms with van der Waals surface area (Å²) in [5.74, 6) is -1.05. The van der Waals surface area contributed by atoms with Gasteiger partial charge < -0.3 is 104 Å². The second-order valence-corrected chi connectivity index (χ2v) is 20.7. The first-order chi connectivity index (χ1) is 38.7. The molecule has 0 radical (unpaired) electrons. The van der Waals surface area contributed by atoms with E-state index in [4.69, 9.17) is 136 Å². The average Bonchev–Trinajstić information content (AvgIpc) is 4.38. The van der Waals surface area contributed by atoms with Crippen molar-refractivity contribution in [2.24, 2.45) is 0 Å². The number of halogens is 8. The number of rotatable bonds is 24. The van der Waals surface area contributed by atoms with Gasteiger partial charge >= 0.3 is 19.5 Å². The summed E-state index contributed by atoms with van der Waals surface area (Å²) in [6.45, 7) is -2.75. The summed E-state index contributed by atoms with van der Waals surface area (Å²) < 4.78 is 48.7. The number of aliphatic hydroxyl groups is 7. The van der Waals surface area contributed by atoms with E-state index >= 15 is 0 Å². The van der Waals surface area contributed by atoms with E-state index in [1.807, 2.05) is 6.92 Å². The Morgan fingerprint density at radius 2 is 0.580 bits per heavy atom. The van der Waals surface area contributed by atoms with Crippen LogP contribution >= 0.6 is 106 Å². The number of nitrogens with zero attached hydrogens (tertiary/aromatic N) is 8. The Morgan fingerprint density at radius 1 is 0.333 bits per heavy atom. The van der Waals surface area contributed by atoms with Crippen molar-refractivity contribution in [1.82, 2.24) is 39.9 Å². The topological polar surface area (TPSA) is 321 Å². The minimum atomic E-state index is -0.458. The second-order valence-electron chi connectivity index (χ2n) is 16.5. The van der Waals surface area contributed by atoms with Crippen molar-refractivity contribution in [3.8, 4) is 91.5 Å². The van der Waals surface area contributed by atoms with Crippen molar-refractivity contribution < 1.29 is 93.1 Å². The Labute approximate surface area is 521 Å². The zero-order chi connectivity index (χ0) is 57.1. The van der Waals surface area contributed by atoms with Gasteiger partial charge in [-0.1, -0.05) is 64.9 Å². The largest absolute Gasteiger partial charge is 2.00 e. The predicted molar refractivity (Wildman–Crippen MR) is 306 cm³/mol. The van der Waals surface area contributed by atoms with Crippen LogP contribution in [0.4, 0.5) is 0 Å². The molecule has 7 aromatic rings. The third-order valence-corrected chi connectivity index (χ3v) is 15.5. The van der Waals surface area contributed by atoms with E-state index in [0.717, 1.165) is 0 Å². The molecule has 2 aliphatic heterocycles. The van der Waals surface area contributed by atoms with Crippen LogP contribution < -0.4 is 47.9 Å². The van der Waals surface area contributed by atoms with E-state index in [0.29, 0.717) is 6.42 Å². The molecule has 7 N–H and O–H groups in total. The SMILES string of the molecule is CCCOc1c(OCCO)c(Br)c2c3nc4nc(nc5[n-]c(nc6nc(nc([n-]3)c2c1Cl)-c1c(Cl)c(OCCO)c(OCCO)c(Br)c1-6)c1c(Cl)c(OCCO)c(OCCO)c(Br)c51)-c1c(Cl)c(OCCO)c(OCCO)c(Cl)c1-4.[Zn+2]. The van der Waals surface area contributed by atoms with Crippen LogP contribution in [0.2, 0.25) is 25.1 Å². The van der Waals surface area contributed by atoms with Crippen molar-refractivity contribution in [3.63, 3.8) is 0 Å². The molecule has 0 spiro atoms. The zero-order valence-electron chi connectivity index (χ0n) is 42.0. The first kappa shape index (κ1) is 62.9. The first-order valence-corrected chi connectivity index (χ1v) is 28.2. The van der Waals surface area contributed by atoms with Crippen LogP contribution in [0, 0.1) is 0 Å². The Balaban J connectivity index is 0.00000860. The van der Waals surface area contributed by atoms with Crippen molar-refractivity contribution in [1.29, 1.82) is 0 Å². The monoisotopic (exact) mass is 1460 g/mol. The molecule has 0 atom stereocenters. The molecular formula is C49H42Br3Cl5N8O15Zn. The minimum absolute atomic E-state index is 0. The van der Waals surface area contributed by atoms with Gasteiger partial charge in [-0.3, -0.25) is 0 Å². The molecule has 0 saturated heterocycles. The Morgan fingerprint density at radius 3 is 0.901 bits per heavy atom. The summed E-state index contributed by atoms with van der Waals surface area (Å²) in [5.41, 5.74) is -0.302. The van der Waals surface area contributed by atoms with Crippen molar-refractivity contribution in [3.05, 3.63) is 38.5 Å². The maximum Gasteiger partial charge on any atom is 2.00 e. The molecule has 81 heavy (non-hydrogen) atoms.